The van der Waals surface area contributed by atoms with Crippen LogP contribution in [0.25, 0.3) is 0 Å². The molecule has 0 aromatic carbocycles. The number of nitrogens with one attached hydrogen (secondary N) is 2. The van der Waals surface area contributed by atoms with Gasteiger partial charge in [-0.2, -0.15) is 13.2 Å². The number of carbonyl (C=O) groups is 1. The molecular formula is C12H17F3N2O. The smallest absolute Gasteiger partial charge is 0.342 e. The van der Waals surface area contributed by atoms with Crippen LogP contribution in [0.2, 0.25) is 0 Å². The summed E-state index contributed by atoms with van der Waals surface area (Å²) in [5, 5.41) is 4.91. The molecule has 0 aromatic rings. The molecule has 0 radical (unpaired) electrons. The molecule has 18 heavy (non-hydrogen) atoms. The molecule has 0 saturated carbocycles. The Kier molecular flexibility index (Phi) is 4.63. The monoisotopic (exact) mass is 262 g/mol. The Labute approximate surface area is 105 Å². The van der Waals surface area contributed by atoms with Gasteiger partial charge in [-0.15, -0.1) is 6.42 Å². The van der Waals surface area contributed by atoms with E-state index in [-0.39, 0.29) is 19.5 Å². The normalized spacial score (nSPS) is 25.5. The molecule has 0 bridgehead atoms. The van der Waals surface area contributed by atoms with E-state index in [0.29, 0.717) is 12.8 Å². The van der Waals surface area contributed by atoms with Crippen molar-refractivity contribution in [3.05, 3.63) is 0 Å². The Hall–Kier alpha value is -1.22. The number of halogens is 3. The number of terminal acetylenes is 1. The van der Waals surface area contributed by atoms with Gasteiger partial charge in [-0.05, 0) is 19.4 Å². The van der Waals surface area contributed by atoms with E-state index in [4.69, 9.17) is 6.42 Å². The Morgan fingerprint density at radius 3 is 2.67 bits per heavy atom. The average Bonchev–Trinajstić information content (AvgIpc) is 2.77. The van der Waals surface area contributed by atoms with Gasteiger partial charge in [0.05, 0.1) is 6.04 Å². The Balaban J connectivity index is 2.82. The molecule has 2 unspecified atom stereocenters. The fourth-order valence-electron chi connectivity index (χ4n) is 2.04. The van der Waals surface area contributed by atoms with E-state index in [9.17, 15) is 18.0 Å². The van der Waals surface area contributed by atoms with E-state index in [1.807, 2.05) is 6.92 Å². The first-order chi connectivity index (χ1) is 8.37. The number of amides is 1. The van der Waals surface area contributed by atoms with E-state index >= 15 is 0 Å². The maximum Gasteiger partial charge on any atom is 0.404 e. The fraction of sp³-hybridized carbons (Fsp3) is 0.750. The van der Waals surface area contributed by atoms with Gasteiger partial charge >= 0.3 is 6.18 Å². The van der Waals surface area contributed by atoms with E-state index in [2.05, 4.69) is 16.6 Å². The van der Waals surface area contributed by atoms with Gasteiger partial charge in [0.1, 0.15) is 0 Å². The average molecular weight is 262 g/mol. The maximum atomic E-state index is 13.1. The zero-order chi connectivity index (χ0) is 13.8. The second-order valence-corrected chi connectivity index (χ2v) is 4.49. The number of alkyl halides is 3. The highest BCUT2D eigenvalue weighted by Gasteiger charge is 2.61. The first-order valence-corrected chi connectivity index (χ1v) is 5.92. The van der Waals surface area contributed by atoms with E-state index in [1.54, 1.807) is 0 Å². The molecule has 0 spiro atoms. The maximum absolute atomic E-state index is 13.1. The zero-order valence-corrected chi connectivity index (χ0v) is 10.2. The van der Waals surface area contributed by atoms with Crippen molar-refractivity contribution in [3.63, 3.8) is 0 Å². The topological polar surface area (TPSA) is 41.1 Å². The lowest BCUT2D eigenvalue weighted by atomic mass is 9.85. The van der Waals surface area contributed by atoms with Crippen LogP contribution in [0.4, 0.5) is 13.2 Å². The second-order valence-electron chi connectivity index (χ2n) is 4.49. The van der Waals surface area contributed by atoms with Crippen LogP contribution in [-0.4, -0.2) is 31.2 Å². The van der Waals surface area contributed by atoms with Gasteiger partial charge < -0.3 is 10.6 Å². The third-order valence-electron chi connectivity index (χ3n) is 3.22. The van der Waals surface area contributed by atoms with Crippen molar-refractivity contribution in [1.82, 2.24) is 10.6 Å². The minimum atomic E-state index is -4.56. The van der Waals surface area contributed by atoms with Crippen molar-refractivity contribution in [1.29, 1.82) is 0 Å². The Morgan fingerprint density at radius 2 is 2.28 bits per heavy atom. The summed E-state index contributed by atoms with van der Waals surface area (Å²) in [5.74, 6) is 1.29. The molecule has 0 aromatic heterocycles. The van der Waals surface area contributed by atoms with Gasteiger partial charge in [0, 0.05) is 6.54 Å². The van der Waals surface area contributed by atoms with Crippen LogP contribution in [0, 0.1) is 17.8 Å². The molecule has 1 aliphatic heterocycles. The molecule has 102 valence electrons. The van der Waals surface area contributed by atoms with Gasteiger partial charge in [0.2, 0.25) is 5.91 Å². The molecule has 1 saturated heterocycles. The molecule has 6 heteroatoms. The summed E-state index contributed by atoms with van der Waals surface area (Å²) in [7, 11) is 0. The van der Waals surface area contributed by atoms with Gasteiger partial charge in [-0.1, -0.05) is 19.3 Å². The van der Waals surface area contributed by atoms with Crippen molar-refractivity contribution in [2.45, 2.75) is 38.4 Å². The van der Waals surface area contributed by atoms with Crippen molar-refractivity contribution >= 4 is 5.91 Å². The molecule has 3 nitrogen and oxygen atoms in total. The molecule has 2 N–H and O–H groups in total. The first kappa shape index (κ1) is 14.8. The highest BCUT2D eigenvalue weighted by Crippen LogP contribution is 2.43. The number of rotatable bonds is 4. The van der Waals surface area contributed by atoms with Gasteiger partial charge in [0.15, 0.2) is 5.41 Å². The molecule has 1 fully saturated rings. The Morgan fingerprint density at radius 1 is 1.61 bits per heavy atom. The molecule has 1 heterocycles. The minimum absolute atomic E-state index is 0.182. The summed E-state index contributed by atoms with van der Waals surface area (Å²) in [6, 6.07) is -0.637. The molecule has 1 aliphatic rings. The van der Waals surface area contributed by atoms with Crippen molar-refractivity contribution in [2.75, 3.05) is 13.1 Å². The summed E-state index contributed by atoms with van der Waals surface area (Å²) in [5.41, 5.74) is -2.34. The predicted molar refractivity (Wildman–Crippen MR) is 61.6 cm³/mol. The van der Waals surface area contributed by atoms with Crippen LogP contribution < -0.4 is 10.6 Å². The summed E-state index contributed by atoms with van der Waals surface area (Å²) in [6.45, 7) is 1.65. The molecule has 0 aliphatic carbocycles. The highest BCUT2D eigenvalue weighted by atomic mass is 19.4. The SMILES string of the molecule is C#CC(CCC)NC(=O)C1(C(F)(F)F)CCNC1. The second kappa shape index (κ2) is 5.61. The quantitative estimate of drug-likeness (QED) is 0.753. The van der Waals surface area contributed by atoms with Crippen LogP contribution >= 0.6 is 0 Å². The lowest BCUT2D eigenvalue weighted by Gasteiger charge is -2.30. The van der Waals surface area contributed by atoms with E-state index in [0.717, 1.165) is 0 Å². The summed E-state index contributed by atoms with van der Waals surface area (Å²) in [4.78, 5) is 11.9. The predicted octanol–water partition coefficient (Wildman–Crippen LogP) is 1.45. The van der Waals surface area contributed by atoms with Gasteiger partial charge in [-0.25, -0.2) is 0 Å². The Bertz CT molecular complexity index is 340. The van der Waals surface area contributed by atoms with Crippen molar-refractivity contribution < 1.29 is 18.0 Å². The third-order valence-corrected chi connectivity index (χ3v) is 3.22. The van der Waals surface area contributed by atoms with E-state index < -0.39 is 23.5 Å². The molecule has 1 amide bonds. The van der Waals surface area contributed by atoms with Crippen molar-refractivity contribution in [2.24, 2.45) is 5.41 Å². The van der Waals surface area contributed by atoms with Gasteiger partial charge in [-0.3, -0.25) is 4.79 Å². The summed E-state index contributed by atoms with van der Waals surface area (Å²) >= 11 is 0. The highest BCUT2D eigenvalue weighted by molar-refractivity contribution is 5.84. The van der Waals surface area contributed by atoms with Crippen LogP contribution in [0.1, 0.15) is 26.2 Å². The van der Waals surface area contributed by atoms with Crippen LogP contribution in [0.3, 0.4) is 0 Å². The van der Waals surface area contributed by atoms with Crippen LogP contribution in [0.5, 0.6) is 0 Å². The standard InChI is InChI=1S/C12H17F3N2O/c1-3-5-9(4-2)17-10(18)11(12(13,14)15)6-7-16-8-11/h2,9,16H,3,5-8H2,1H3,(H,17,18). The fourth-order valence-corrected chi connectivity index (χ4v) is 2.04. The van der Waals surface area contributed by atoms with Crippen LogP contribution in [0.15, 0.2) is 0 Å². The first-order valence-electron chi connectivity index (χ1n) is 5.92. The largest absolute Gasteiger partial charge is 0.404 e. The lowest BCUT2D eigenvalue weighted by molar-refractivity contribution is -0.216. The summed E-state index contributed by atoms with van der Waals surface area (Å²) < 4.78 is 39.2. The zero-order valence-electron chi connectivity index (χ0n) is 10.2. The number of carbonyl (C=O) groups excluding carboxylic acids is 1. The minimum Gasteiger partial charge on any atom is -0.342 e. The van der Waals surface area contributed by atoms with Crippen molar-refractivity contribution in [3.8, 4) is 12.3 Å². The number of hydrogen-bond donors (Lipinski definition) is 2. The van der Waals surface area contributed by atoms with Gasteiger partial charge in [0.25, 0.3) is 0 Å². The number of hydrogen-bond acceptors (Lipinski definition) is 2. The molecule has 1 rings (SSSR count). The molecular weight excluding hydrogens is 245 g/mol. The molecule has 2 atom stereocenters. The lowest BCUT2D eigenvalue weighted by Crippen LogP contribution is -2.54. The van der Waals surface area contributed by atoms with E-state index in [1.165, 1.54) is 0 Å². The van der Waals surface area contributed by atoms with Crippen LogP contribution in [-0.2, 0) is 4.79 Å². The third kappa shape index (κ3) is 2.78. The summed E-state index contributed by atoms with van der Waals surface area (Å²) in [6.07, 6.45) is 1.57.